The van der Waals surface area contributed by atoms with Gasteiger partial charge in [0.15, 0.2) is 5.71 Å². The van der Waals surface area contributed by atoms with Gasteiger partial charge in [0.05, 0.1) is 22.8 Å². The lowest BCUT2D eigenvalue weighted by molar-refractivity contribution is -0.401. The zero-order valence-electron chi connectivity index (χ0n) is 18.3. The lowest BCUT2D eigenvalue weighted by Crippen LogP contribution is -2.28. The van der Waals surface area contributed by atoms with Crippen LogP contribution in [0.2, 0.25) is 0 Å². The third-order valence-electron chi connectivity index (χ3n) is 5.97. The van der Waals surface area contributed by atoms with E-state index in [4.69, 9.17) is 9.47 Å². The summed E-state index contributed by atoms with van der Waals surface area (Å²) >= 11 is 0. The highest BCUT2D eigenvalue weighted by molar-refractivity contribution is 6.04. The fraction of sp³-hybridized carbons (Fsp3) is 0.280. The summed E-state index contributed by atoms with van der Waals surface area (Å²) in [4.78, 5) is 14.8. The molecule has 0 unspecified atom stereocenters. The second-order valence-electron chi connectivity index (χ2n) is 8.42. The fourth-order valence-corrected chi connectivity index (χ4v) is 3.92. The minimum Gasteiger partial charge on any atom is -0.446 e. The van der Waals surface area contributed by atoms with E-state index in [1.54, 1.807) is 6.26 Å². The molecule has 0 amide bonds. The average molecular weight is 404 g/mol. The molecule has 0 spiro atoms. The van der Waals surface area contributed by atoms with Gasteiger partial charge in [-0.1, -0.05) is 17.7 Å². The predicted octanol–water partition coefficient (Wildman–Crippen LogP) is 4.88. The molecular weight excluding hydrogens is 376 g/mol. The summed E-state index contributed by atoms with van der Waals surface area (Å²) in [5, 5.41) is 0. The molecule has 0 aromatic heterocycles. The van der Waals surface area contributed by atoms with E-state index in [2.05, 4.69) is 24.5 Å². The Kier molecular flexibility index (Phi) is 4.77. The van der Waals surface area contributed by atoms with Crippen molar-refractivity contribution < 1.29 is 18.8 Å². The Bertz CT molecular complexity index is 1120. The third-order valence-corrected chi connectivity index (χ3v) is 5.97. The number of allylic oxidation sites excluding steroid dienone is 2. The number of carbonyl (C=O) groups is 1. The average Bonchev–Trinajstić information content (AvgIpc) is 3.13. The third kappa shape index (κ3) is 3.30. The minimum atomic E-state index is -0.356. The number of ether oxygens (including phenoxy) is 2. The van der Waals surface area contributed by atoms with Gasteiger partial charge in [-0.2, -0.15) is 4.58 Å². The lowest BCUT2D eigenvalue weighted by atomic mass is 9.81. The monoisotopic (exact) mass is 403 g/mol. The van der Waals surface area contributed by atoms with Crippen LogP contribution >= 0.6 is 0 Å². The number of rotatable bonds is 3. The molecule has 0 radical (unpaired) electrons. The Morgan fingerprint density at radius 1 is 1.13 bits per heavy atom. The van der Waals surface area contributed by atoms with Crippen molar-refractivity contribution in [2.75, 3.05) is 14.1 Å². The number of nitrogens with zero attached hydrogens (tertiary/aromatic N) is 2. The predicted molar refractivity (Wildman–Crippen MR) is 117 cm³/mol. The van der Waals surface area contributed by atoms with Crippen molar-refractivity contribution >= 4 is 17.4 Å². The van der Waals surface area contributed by atoms with Gasteiger partial charge in [-0.15, -0.1) is 0 Å². The quantitative estimate of drug-likeness (QED) is 0.416. The van der Waals surface area contributed by atoms with Crippen LogP contribution in [0.25, 0.3) is 0 Å². The summed E-state index contributed by atoms with van der Waals surface area (Å²) in [6.07, 6.45) is 3.82. The first-order valence-corrected chi connectivity index (χ1v) is 10.0. The van der Waals surface area contributed by atoms with E-state index in [-0.39, 0.29) is 11.4 Å². The SMILES string of the molecule is CC1=COC(=CC2=[N+](C)c3ccc(C(=O)Oc4ccc(C)cc4)cc3C2(C)C)N1C. The molecule has 0 fully saturated rings. The van der Waals surface area contributed by atoms with Gasteiger partial charge in [0.2, 0.25) is 11.6 Å². The Morgan fingerprint density at radius 3 is 2.47 bits per heavy atom. The summed E-state index contributed by atoms with van der Waals surface area (Å²) < 4.78 is 13.4. The molecule has 0 bridgehead atoms. The number of hydrogen-bond acceptors (Lipinski definition) is 4. The zero-order valence-corrected chi connectivity index (χ0v) is 18.3. The zero-order chi connectivity index (χ0) is 21.6. The topological polar surface area (TPSA) is 41.8 Å². The first kappa shape index (κ1) is 20.0. The van der Waals surface area contributed by atoms with Crippen LogP contribution in [0.3, 0.4) is 0 Å². The molecule has 154 valence electrons. The molecule has 2 aliphatic heterocycles. The van der Waals surface area contributed by atoms with Gasteiger partial charge in [-0.3, -0.25) is 0 Å². The van der Waals surface area contributed by atoms with Crippen molar-refractivity contribution in [3.8, 4) is 5.75 Å². The summed E-state index contributed by atoms with van der Waals surface area (Å²) in [7, 11) is 4.03. The van der Waals surface area contributed by atoms with E-state index < -0.39 is 0 Å². The van der Waals surface area contributed by atoms with Crippen LogP contribution in [0.5, 0.6) is 5.75 Å². The molecule has 5 nitrogen and oxygen atoms in total. The van der Waals surface area contributed by atoms with Crippen molar-refractivity contribution in [1.29, 1.82) is 0 Å². The molecule has 0 N–H and O–H groups in total. The first-order chi connectivity index (χ1) is 14.2. The van der Waals surface area contributed by atoms with Gasteiger partial charge < -0.3 is 14.4 Å². The maximum Gasteiger partial charge on any atom is 0.343 e. The Labute approximate surface area is 177 Å². The molecule has 0 aliphatic carbocycles. The van der Waals surface area contributed by atoms with Crippen molar-refractivity contribution in [2.45, 2.75) is 33.1 Å². The van der Waals surface area contributed by atoms with E-state index in [0.717, 1.165) is 34.1 Å². The number of hydrogen-bond donors (Lipinski definition) is 0. The van der Waals surface area contributed by atoms with E-state index in [1.807, 2.05) is 75.3 Å². The molecule has 5 heteroatoms. The van der Waals surface area contributed by atoms with E-state index >= 15 is 0 Å². The lowest BCUT2D eigenvalue weighted by Gasteiger charge is -2.18. The van der Waals surface area contributed by atoms with Crippen molar-refractivity contribution in [3.05, 3.63) is 83.1 Å². The van der Waals surface area contributed by atoms with Crippen molar-refractivity contribution in [1.82, 2.24) is 4.90 Å². The van der Waals surface area contributed by atoms with E-state index in [0.29, 0.717) is 11.3 Å². The summed E-state index contributed by atoms with van der Waals surface area (Å²) in [6.45, 7) is 8.33. The highest BCUT2D eigenvalue weighted by atomic mass is 16.5. The number of carbonyl (C=O) groups excluding carboxylic acids is 1. The normalized spacial score (nSPS) is 18.4. The van der Waals surface area contributed by atoms with E-state index in [1.165, 1.54) is 0 Å². The molecule has 2 aromatic carbocycles. The largest absolute Gasteiger partial charge is 0.446 e. The minimum absolute atomic E-state index is 0.294. The van der Waals surface area contributed by atoms with Crippen LogP contribution in [0.4, 0.5) is 5.69 Å². The maximum atomic E-state index is 12.7. The Hall–Kier alpha value is -3.34. The number of fused-ring (bicyclic) bond motifs is 1. The highest BCUT2D eigenvalue weighted by Crippen LogP contribution is 2.40. The van der Waals surface area contributed by atoms with Crippen molar-refractivity contribution in [3.63, 3.8) is 0 Å². The van der Waals surface area contributed by atoms with Gasteiger partial charge in [0.1, 0.15) is 19.1 Å². The second-order valence-corrected chi connectivity index (χ2v) is 8.42. The van der Waals surface area contributed by atoms with Crippen LogP contribution in [0, 0.1) is 6.92 Å². The second kappa shape index (κ2) is 7.17. The van der Waals surface area contributed by atoms with Crippen LogP contribution in [-0.2, 0) is 10.2 Å². The molecule has 0 saturated carbocycles. The maximum absolute atomic E-state index is 12.7. The van der Waals surface area contributed by atoms with E-state index in [9.17, 15) is 4.79 Å². The summed E-state index contributed by atoms with van der Waals surface area (Å²) in [5.74, 6) is 0.976. The van der Waals surface area contributed by atoms with Gasteiger partial charge >= 0.3 is 5.97 Å². The molecule has 2 heterocycles. The standard InChI is InChI=1S/C25H27N2O3/c1-16-7-10-19(11-8-16)30-24(28)18-9-12-21-20(13-18)25(3,4)22(27(21)6)14-23-26(5)17(2)15-29-23/h7-15H,1-6H3/q+1. The van der Waals surface area contributed by atoms with Gasteiger partial charge in [0.25, 0.3) is 0 Å². The van der Waals surface area contributed by atoms with Gasteiger partial charge in [-0.25, -0.2) is 4.79 Å². The fourth-order valence-electron chi connectivity index (χ4n) is 3.92. The van der Waals surface area contributed by atoms with Crippen LogP contribution in [0.15, 0.2) is 66.4 Å². The molecular formula is C25H27N2O3+. The molecule has 0 saturated heterocycles. The van der Waals surface area contributed by atoms with Crippen LogP contribution in [0.1, 0.15) is 42.3 Å². The molecule has 4 rings (SSSR count). The molecule has 30 heavy (non-hydrogen) atoms. The Morgan fingerprint density at radius 2 is 1.83 bits per heavy atom. The van der Waals surface area contributed by atoms with Crippen molar-refractivity contribution in [2.24, 2.45) is 0 Å². The number of benzene rings is 2. The number of esters is 1. The summed E-state index contributed by atoms with van der Waals surface area (Å²) in [6, 6.07) is 13.2. The van der Waals surface area contributed by atoms with Gasteiger partial charge in [0, 0.05) is 18.7 Å². The smallest absolute Gasteiger partial charge is 0.343 e. The van der Waals surface area contributed by atoms with Crippen LogP contribution < -0.4 is 4.74 Å². The van der Waals surface area contributed by atoms with Crippen LogP contribution in [-0.4, -0.2) is 35.3 Å². The molecule has 2 aromatic rings. The highest BCUT2D eigenvalue weighted by Gasteiger charge is 2.44. The summed E-state index contributed by atoms with van der Waals surface area (Å²) in [5.41, 5.74) is 5.68. The molecule has 2 aliphatic rings. The Balaban J connectivity index is 1.64. The number of aryl methyl sites for hydroxylation is 1. The van der Waals surface area contributed by atoms with Gasteiger partial charge in [-0.05, 0) is 52.0 Å². The first-order valence-electron chi connectivity index (χ1n) is 10.0. The molecule has 0 atom stereocenters.